The molecule has 4 unspecified atom stereocenters. The zero-order valence-electron chi connectivity index (χ0n) is 24.7. The summed E-state index contributed by atoms with van der Waals surface area (Å²) in [4.78, 5) is 18.3. The largest absolute Gasteiger partial charge is 0.463 e. The van der Waals surface area contributed by atoms with Crippen LogP contribution in [0.3, 0.4) is 0 Å². The summed E-state index contributed by atoms with van der Waals surface area (Å²) in [6.07, 6.45) is 5.72. The first-order valence-corrected chi connectivity index (χ1v) is 16.3. The Labute approximate surface area is 262 Å². The monoisotopic (exact) mass is 638 g/mol. The Morgan fingerprint density at radius 3 is 2.80 bits per heavy atom. The Morgan fingerprint density at radius 1 is 1.27 bits per heavy atom. The quantitative estimate of drug-likeness (QED) is 0.441. The van der Waals surface area contributed by atoms with Crippen LogP contribution in [0, 0.1) is 28.5 Å². The molecule has 0 bridgehead atoms. The number of anilines is 1. The number of nitrogens with one attached hydrogen (secondary N) is 1. The van der Waals surface area contributed by atoms with Gasteiger partial charge in [0.25, 0.3) is 0 Å². The number of nitriles is 1. The second-order valence-corrected chi connectivity index (χ2v) is 14.1. The van der Waals surface area contributed by atoms with E-state index in [0.29, 0.717) is 43.0 Å². The van der Waals surface area contributed by atoms with E-state index in [0.717, 1.165) is 63.3 Å². The number of rotatable bonds is 8. The van der Waals surface area contributed by atoms with E-state index in [4.69, 9.17) is 20.2 Å². The molecule has 8 rings (SSSR count). The maximum absolute atomic E-state index is 16.7. The fraction of sp³-hybridized carbons (Fsp3) is 0.548. The lowest BCUT2D eigenvalue weighted by atomic mass is 9.82. The zero-order valence-corrected chi connectivity index (χ0v) is 25.5. The first-order valence-electron chi connectivity index (χ1n) is 15.5. The van der Waals surface area contributed by atoms with Crippen LogP contribution in [0.4, 0.5) is 19.0 Å². The van der Waals surface area contributed by atoms with Crippen molar-refractivity contribution in [2.75, 3.05) is 50.8 Å². The number of hydrogen-bond acceptors (Lipinski definition) is 11. The highest BCUT2D eigenvalue weighted by Crippen LogP contribution is 2.53. The Kier molecular flexibility index (Phi) is 7.01. The molecule has 2 aliphatic carbocycles. The zero-order chi connectivity index (χ0) is 31.0. The van der Waals surface area contributed by atoms with E-state index in [1.807, 2.05) is 6.07 Å². The third-order valence-corrected chi connectivity index (χ3v) is 11.3. The number of likely N-dealkylation sites (tertiary alicyclic amines) is 1. The van der Waals surface area contributed by atoms with Crippen LogP contribution in [0.15, 0.2) is 34.5 Å². The molecular weight excluding hydrogens is 605 g/mol. The average molecular weight is 639 g/mol. The van der Waals surface area contributed by atoms with Crippen molar-refractivity contribution >= 4 is 34.1 Å². The van der Waals surface area contributed by atoms with Crippen molar-refractivity contribution in [2.24, 2.45) is 17.1 Å². The van der Waals surface area contributed by atoms with Crippen molar-refractivity contribution in [3.05, 3.63) is 46.0 Å². The Morgan fingerprint density at radius 2 is 2.11 bits per heavy atom. The second-order valence-electron chi connectivity index (χ2n) is 12.9. The van der Waals surface area contributed by atoms with Gasteiger partial charge in [-0.3, -0.25) is 9.88 Å². The fourth-order valence-corrected chi connectivity index (χ4v) is 8.31. The predicted octanol–water partition coefficient (Wildman–Crippen LogP) is 3.57. The van der Waals surface area contributed by atoms with Gasteiger partial charge < -0.3 is 25.4 Å². The molecule has 5 atom stereocenters. The highest BCUT2D eigenvalue weighted by Gasteiger charge is 2.53. The molecule has 10 nitrogen and oxygen atoms in total. The second kappa shape index (κ2) is 10.9. The van der Waals surface area contributed by atoms with Gasteiger partial charge in [-0.05, 0) is 30.9 Å². The molecule has 45 heavy (non-hydrogen) atoms. The number of fused-ring (bicyclic) bond motifs is 3. The van der Waals surface area contributed by atoms with Crippen LogP contribution < -0.4 is 20.7 Å². The Hall–Kier alpha value is -3.38. The first kappa shape index (κ1) is 29.1. The number of thioether (sulfide) groups is 1. The first-order chi connectivity index (χ1) is 21.8. The maximum Gasteiger partial charge on any atom is 0.319 e. The highest BCUT2D eigenvalue weighted by atomic mass is 32.2. The number of nitrogens with zero attached hydrogens (tertiary/aromatic N) is 6. The van der Waals surface area contributed by atoms with Crippen LogP contribution in [0.2, 0.25) is 0 Å². The summed E-state index contributed by atoms with van der Waals surface area (Å²) in [5, 5.41) is 12.7. The molecule has 0 spiro atoms. The lowest BCUT2D eigenvalue weighted by molar-refractivity contribution is -0.218. The average Bonchev–Trinajstić information content (AvgIpc) is 3.72. The van der Waals surface area contributed by atoms with Crippen molar-refractivity contribution in [3.63, 3.8) is 0 Å². The fourth-order valence-electron chi connectivity index (χ4n) is 7.10. The Balaban J connectivity index is 1.17. The van der Waals surface area contributed by atoms with Gasteiger partial charge in [0.15, 0.2) is 11.6 Å². The van der Waals surface area contributed by atoms with Crippen LogP contribution in [0.1, 0.15) is 31.9 Å². The number of piperazine rings is 1. The molecule has 4 aliphatic heterocycles. The molecule has 6 heterocycles. The minimum atomic E-state index is -1.14. The van der Waals surface area contributed by atoms with Crippen molar-refractivity contribution in [1.82, 2.24) is 25.2 Å². The molecule has 2 aromatic rings. The molecule has 2 aromatic heterocycles. The molecule has 6 aliphatic rings. The van der Waals surface area contributed by atoms with Crippen LogP contribution in [-0.2, 0) is 4.74 Å². The lowest BCUT2D eigenvalue weighted by Crippen LogP contribution is -2.71. The minimum Gasteiger partial charge on any atom is -0.463 e. The van der Waals surface area contributed by atoms with Crippen LogP contribution >= 0.6 is 11.8 Å². The van der Waals surface area contributed by atoms with Gasteiger partial charge in [0.05, 0.1) is 52.7 Å². The molecule has 14 heteroatoms. The number of morpholine rings is 1. The standard InChI is InChI=1S/C31H33F3N8O2S/c1-2-15-10-41(6-5-37-15)29-18-9-38-25(16-7-19(32)23(33)27-22(16)17(8-35)28(36)45-27)24(34)26(18)39-30(40-29)44-14-31(3-4-31)13-42-11-21-20(42)12-43-21/h7,9,15,20-22,27,37H,2-6,10-14,36H2,1H3/t15?,20-,21?,22?,27?/m0/s1. The summed E-state index contributed by atoms with van der Waals surface area (Å²) < 4.78 is 58.2. The van der Waals surface area contributed by atoms with E-state index < -0.39 is 28.6 Å². The maximum atomic E-state index is 16.7. The van der Waals surface area contributed by atoms with Gasteiger partial charge in [-0.25, -0.2) is 13.2 Å². The molecule has 236 valence electrons. The highest BCUT2D eigenvalue weighted by molar-refractivity contribution is 8.04. The molecule has 0 aromatic carbocycles. The SMILES string of the molecule is CCC1CN(c2nc(OCC3(CN4CC5OC[C@@H]54)CC3)nc3c(F)c(C4=CC(F)=C(F)C5SC(N)=C(C#N)C45)ncc23)CCN1. The topological polar surface area (TPSA) is 125 Å². The molecule has 0 radical (unpaired) electrons. The van der Waals surface area contributed by atoms with E-state index in [-0.39, 0.29) is 44.9 Å². The number of ether oxygens (including phenoxy) is 2. The third-order valence-electron chi connectivity index (χ3n) is 10.1. The normalized spacial score (nSPS) is 30.3. The third kappa shape index (κ3) is 4.78. The smallest absolute Gasteiger partial charge is 0.319 e. The van der Waals surface area contributed by atoms with E-state index in [1.54, 1.807) is 0 Å². The summed E-state index contributed by atoms with van der Waals surface area (Å²) in [7, 11) is 0. The van der Waals surface area contributed by atoms with Gasteiger partial charge in [0, 0.05) is 56.3 Å². The van der Waals surface area contributed by atoms with Crippen LogP contribution in [0.5, 0.6) is 6.01 Å². The van der Waals surface area contributed by atoms with Gasteiger partial charge >= 0.3 is 6.01 Å². The van der Waals surface area contributed by atoms with Crippen molar-refractivity contribution < 1.29 is 22.6 Å². The van der Waals surface area contributed by atoms with Crippen molar-refractivity contribution in [1.29, 1.82) is 5.26 Å². The number of aromatic nitrogens is 3. The summed E-state index contributed by atoms with van der Waals surface area (Å²) in [6.45, 7) is 7.18. The summed E-state index contributed by atoms with van der Waals surface area (Å²) in [6, 6.07) is 2.79. The van der Waals surface area contributed by atoms with E-state index in [9.17, 15) is 14.0 Å². The number of pyridine rings is 1. The summed E-state index contributed by atoms with van der Waals surface area (Å²) in [5.74, 6) is -3.44. The molecule has 3 N–H and O–H groups in total. The van der Waals surface area contributed by atoms with E-state index in [2.05, 4.69) is 32.0 Å². The van der Waals surface area contributed by atoms with E-state index in [1.165, 1.54) is 6.20 Å². The summed E-state index contributed by atoms with van der Waals surface area (Å²) in [5.41, 5.74) is 5.89. The van der Waals surface area contributed by atoms with Gasteiger partial charge in [0.2, 0.25) is 0 Å². The van der Waals surface area contributed by atoms with Crippen LogP contribution in [-0.4, -0.2) is 89.2 Å². The predicted molar refractivity (Wildman–Crippen MR) is 163 cm³/mol. The number of hydrogen-bond donors (Lipinski definition) is 2. The number of halogens is 3. The van der Waals surface area contributed by atoms with Gasteiger partial charge in [0.1, 0.15) is 22.9 Å². The lowest BCUT2D eigenvalue weighted by Gasteiger charge is -2.55. The molecule has 3 saturated heterocycles. The summed E-state index contributed by atoms with van der Waals surface area (Å²) >= 11 is 0.859. The minimum absolute atomic E-state index is 0.000698. The number of nitrogens with two attached hydrogens (primary N) is 1. The van der Waals surface area contributed by atoms with Gasteiger partial charge in [-0.1, -0.05) is 18.7 Å². The molecular formula is C31H33F3N8O2S. The van der Waals surface area contributed by atoms with Crippen molar-refractivity contribution in [3.8, 4) is 12.1 Å². The molecule has 1 saturated carbocycles. The number of allylic oxidation sites excluding steroid dienone is 4. The molecule has 0 amide bonds. The molecule has 4 fully saturated rings. The Bertz CT molecular complexity index is 1720. The van der Waals surface area contributed by atoms with E-state index >= 15 is 4.39 Å². The van der Waals surface area contributed by atoms with Crippen LogP contribution in [0.25, 0.3) is 16.5 Å². The van der Waals surface area contributed by atoms with Gasteiger partial charge in [-0.2, -0.15) is 15.2 Å². The van der Waals surface area contributed by atoms with Crippen molar-refractivity contribution in [2.45, 2.75) is 49.6 Å². The van der Waals surface area contributed by atoms with Gasteiger partial charge in [-0.15, -0.1) is 0 Å².